The third-order valence-corrected chi connectivity index (χ3v) is 13.5. The highest BCUT2D eigenvalue weighted by molar-refractivity contribution is 5.71. The Morgan fingerprint density at radius 1 is 0.299 bits per heavy atom. The van der Waals surface area contributed by atoms with Crippen molar-refractivity contribution in [3.63, 3.8) is 0 Å². The Morgan fingerprint density at radius 2 is 0.522 bits per heavy atom. The molecule has 0 aromatic heterocycles. The minimum atomic E-state index is -0.772. The van der Waals surface area contributed by atoms with Gasteiger partial charge in [-0.1, -0.05) is 289 Å². The van der Waals surface area contributed by atoms with E-state index in [1.165, 1.54) is 212 Å². The van der Waals surface area contributed by atoms with E-state index in [0.717, 1.165) is 77.0 Å². The topological polar surface area (TPSA) is 78.9 Å². The van der Waals surface area contributed by atoms with E-state index in [1.54, 1.807) is 0 Å². The smallest absolute Gasteiger partial charge is 0.306 e. The summed E-state index contributed by atoms with van der Waals surface area (Å²) in [5.74, 6) is -0.862. The average Bonchev–Trinajstić information content (AvgIpc) is 3.33. The molecule has 0 saturated heterocycles. The highest BCUT2D eigenvalue weighted by Gasteiger charge is 2.19. The number of esters is 3. The predicted molar refractivity (Wildman–Crippen MR) is 289 cm³/mol. The predicted octanol–water partition coefficient (Wildman–Crippen LogP) is 19.9. The van der Waals surface area contributed by atoms with Crippen LogP contribution in [0.25, 0.3) is 0 Å². The normalized spacial score (nSPS) is 12.1. The third kappa shape index (κ3) is 54.7. The molecule has 67 heavy (non-hydrogen) atoms. The molecule has 0 aliphatic heterocycles. The van der Waals surface area contributed by atoms with Crippen molar-refractivity contribution in [1.82, 2.24) is 0 Å². The SMILES string of the molecule is CCCCCCCCC/C=C\C=C/CCCCCCCC(=O)OCC(COC(=O)CCCCCCCCCCCCCCCCC)OC(=O)CCCCCCCCCCCCCCCCCC. The lowest BCUT2D eigenvalue weighted by Gasteiger charge is -2.18. The lowest BCUT2D eigenvalue weighted by molar-refractivity contribution is -0.167. The van der Waals surface area contributed by atoms with Gasteiger partial charge < -0.3 is 14.2 Å². The molecule has 1 unspecified atom stereocenters. The van der Waals surface area contributed by atoms with Crippen LogP contribution >= 0.6 is 0 Å². The zero-order chi connectivity index (χ0) is 48.6. The maximum atomic E-state index is 12.9. The molecule has 0 amide bonds. The Morgan fingerprint density at radius 3 is 0.791 bits per heavy atom. The van der Waals surface area contributed by atoms with Gasteiger partial charge in [0.25, 0.3) is 0 Å². The number of hydrogen-bond acceptors (Lipinski definition) is 6. The number of ether oxygens (including phenoxy) is 3. The molecular formula is C61H114O6. The van der Waals surface area contributed by atoms with Crippen LogP contribution in [0.4, 0.5) is 0 Å². The van der Waals surface area contributed by atoms with Gasteiger partial charge in [0, 0.05) is 19.3 Å². The number of carbonyl (C=O) groups is 3. The fourth-order valence-electron chi connectivity index (χ4n) is 8.97. The van der Waals surface area contributed by atoms with Crippen LogP contribution in [0, 0.1) is 0 Å². The van der Waals surface area contributed by atoms with E-state index in [2.05, 4.69) is 45.1 Å². The number of allylic oxidation sites excluding steroid dienone is 4. The van der Waals surface area contributed by atoms with Gasteiger partial charge in [-0.25, -0.2) is 0 Å². The second-order valence-corrected chi connectivity index (χ2v) is 20.3. The summed E-state index contributed by atoms with van der Waals surface area (Å²) in [6.45, 7) is 6.68. The molecule has 0 N–H and O–H groups in total. The first-order valence-corrected chi connectivity index (χ1v) is 29.9. The molecule has 394 valence electrons. The summed E-state index contributed by atoms with van der Waals surface area (Å²) < 4.78 is 16.9. The fraction of sp³-hybridized carbons (Fsp3) is 0.885. The summed E-state index contributed by atoms with van der Waals surface area (Å²) in [5, 5.41) is 0. The van der Waals surface area contributed by atoms with Gasteiger partial charge in [0.15, 0.2) is 6.10 Å². The van der Waals surface area contributed by atoms with Crippen LogP contribution in [-0.4, -0.2) is 37.2 Å². The summed E-state index contributed by atoms with van der Waals surface area (Å²) >= 11 is 0. The van der Waals surface area contributed by atoms with Crippen molar-refractivity contribution in [2.75, 3.05) is 13.2 Å². The van der Waals surface area contributed by atoms with Gasteiger partial charge in [-0.15, -0.1) is 0 Å². The Bertz CT molecular complexity index is 1080. The lowest BCUT2D eigenvalue weighted by atomic mass is 10.0. The molecular weight excluding hydrogens is 829 g/mol. The third-order valence-electron chi connectivity index (χ3n) is 13.5. The first-order chi connectivity index (χ1) is 33.0. The van der Waals surface area contributed by atoms with Gasteiger partial charge >= 0.3 is 17.9 Å². The molecule has 0 aromatic rings. The van der Waals surface area contributed by atoms with Crippen molar-refractivity contribution >= 4 is 17.9 Å². The van der Waals surface area contributed by atoms with Crippen LogP contribution < -0.4 is 0 Å². The van der Waals surface area contributed by atoms with Gasteiger partial charge in [0.05, 0.1) is 0 Å². The molecule has 0 saturated carbocycles. The minimum absolute atomic E-state index is 0.0705. The van der Waals surface area contributed by atoms with E-state index < -0.39 is 6.10 Å². The second kappa shape index (κ2) is 56.5. The molecule has 0 spiro atoms. The molecule has 6 heteroatoms. The van der Waals surface area contributed by atoms with Gasteiger partial charge in [-0.3, -0.25) is 14.4 Å². The van der Waals surface area contributed by atoms with Gasteiger partial charge in [-0.2, -0.15) is 0 Å². The van der Waals surface area contributed by atoms with Gasteiger partial charge in [-0.05, 0) is 44.9 Å². The number of hydrogen-bond donors (Lipinski definition) is 0. The van der Waals surface area contributed by atoms with Crippen LogP contribution in [0.3, 0.4) is 0 Å². The molecule has 6 nitrogen and oxygen atoms in total. The summed E-state index contributed by atoms with van der Waals surface area (Å²) in [7, 11) is 0. The number of rotatable bonds is 55. The first kappa shape index (κ1) is 64.9. The summed E-state index contributed by atoms with van der Waals surface area (Å²) in [5.41, 5.74) is 0. The van der Waals surface area contributed by atoms with Crippen LogP contribution in [0.15, 0.2) is 24.3 Å². The zero-order valence-corrected chi connectivity index (χ0v) is 45.2. The fourth-order valence-corrected chi connectivity index (χ4v) is 8.97. The van der Waals surface area contributed by atoms with E-state index in [4.69, 9.17) is 14.2 Å². The maximum absolute atomic E-state index is 12.9. The monoisotopic (exact) mass is 943 g/mol. The molecule has 1 atom stereocenters. The first-order valence-electron chi connectivity index (χ1n) is 29.9. The van der Waals surface area contributed by atoms with Crippen LogP contribution in [0.2, 0.25) is 0 Å². The Kier molecular flexibility index (Phi) is 54.7. The van der Waals surface area contributed by atoms with E-state index in [-0.39, 0.29) is 31.1 Å². The molecule has 0 aromatic carbocycles. The largest absolute Gasteiger partial charge is 0.462 e. The van der Waals surface area contributed by atoms with E-state index >= 15 is 0 Å². The molecule has 0 bridgehead atoms. The molecule has 0 heterocycles. The number of unbranched alkanes of at least 4 members (excludes halogenated alkanes) is 41. The average molecular weight is 944 g/mol. The summed E-state index contributed by atoms with van der Waals surface area (Å²) in [4.78, 5) is 38.2. The van der Waals surface area contributed by atoms with E-state index in [9.17, 15) is 14.4 Å². The van der Waals surface area contributed by atoms with Gasteiger partial charge in [0.2, 0.25) is 0 Å². The van der Waals surface area contributed by atoms with Crippen molar-refractivity contribution in [3.05, 3.63) is 24.3 Å². The van der Waals surface area contributed by atoms with Crippen molar-refractivity contribution < 1.29 is 28.6 Å². The van der Waals surface area contributed by atoms with Crippen molar-refractivity contribution in [1.29, 1.82) is 0 Å². The lowest BCUT2D eigenvalue weighted by Crippen LogP contribution is -2.30. The Hall–Kier alpha value is -2.11. The molecule has 0 aliphatic carbocycles. The van der Waals surface area contributed by atoms with E-state index in [0.29, 0.717) is 19.3 Å². The molecule has 0 aliphatic rings. The van der Waals surface area contributed by atoms with E-state index in [1.807, 2.05) is 0 Å². The van der Waals surface area contributed by atoms with Crippen LogP contribution in [0.1, 0.15) is 329 Å². The van der Waals surface area contributed by atoms with Crippen LogP contribution in [-0.2, 0) is 28.6 Å². The highest BCUT2D eigenvalue weighted by Crippen LogP contribution is 2.17. The second-order valence-electron chi connectivity index (χ2n) is 20.3. The molecule has 0 rings (SSSR count). The van der Waals surface area contributed by atoms with Crippen molar-refractivity contribution in [2.24, 2.45) is 0 Å². The van der Waals surface area contributed by atoms with Crippen molar-refractivity contribution in [3.8, 4) is 0 Å². The Labute approximate surface area is 417 Å². The highest BCUT2D eigenvalue weighted by atomic mass is 16.6. The van der Waals surface area contributed by atoms with Gasteiger partial charge in [0.1, 0.15) is 13.2 Å². The van der Waals surface area contributed by atoms with Crippen LogP contribution in [0.5, 0.6) is 0 Å². The molecule has 0 radical (unpaired) electrons. The maximum Gasteiger partial charge on any atom is 0.306 e. The Balaban J connectivity index is 4.35. The number of carbonyl (C=O) groups excluding carboxylic acids is 3. The molecule has 0 fully saturated rings. The zero-order valence-electron chi connectivity index (χ0n) is 45.2. The quantitative estimate of drug-likeness (QED) is 0.0262. The standard InChI is InChI=1S/C61H114O6/c1-4-7-10-13-16-19-22-25-28-30-31-34-36-39-42-45-48-51-54-60(63)66-57-58(56-65-59(62)53-50-47-44-41-38-35-32-27-24-21-18-15-12-9-6-3)67-61(64)55-52-49-46-43-40-37-33-29-26-23-20-17-14-11-8-5-2/h28,30-31,34,58H,4-27,29,32-33,35-57H2,1-3H3/b30-28-,34-31-. The minimum Gasteiger partial charge on any atom is -0.462 e. The summed E-state index contributed by atoms with van der Waals surface area (Å²) in [6, 6.07) is 0. The van der Waals surface area contributed by atoms with Crippen molar-refractivity contribution in [2.45, 2.75) is 335 Å². The summed E-state index contributed by atoms with van der Waals surface area (Å²) in [6.07, 6.45) is 65.9.